The topological polar surface area (TPSA) is 38.0 Å². The van der Waals surface area contributed by atoms with Crippen molar-refractivity contribution in [3.63, 3.8) is 0 Å². The van der Waals surface area contributed by atoms with Crippen LogP contribution in [-0.4, -0.2) is 6.04 Å². The summed E-state index contributed by atoms with van der Waals surface area (Å²) < 4.78 is 0. The van der Waals surface area contributed by atoms with Gasteiger partial charge in [0.15, 0.2) is 0 Å². The Labute approximate surface area is 133 Å². The first-order valence-electron chi connectivity index (χ1n) is 6.23. The molecule has 2 aromatic rings. The molecule has 20 heavy (non-hydrogen) atoms. The zero-order chi connectivity index (χ0) is 14.5. The third-order valence-corrected chi connectivity index (χ3v) is 4.10. The van der Waals surface area contributed by atoms with Crippen LogP contribution in [0.3, 0.4) is 0 Å². The number of halogens is 3. The van der Waals surface area contributed by atoms with Gasteiger partial charge in [-0.15, -0.1) is 0 Å². The quantitative estimate of drug-likeness (QED) is 0.635. The number of hydrogen-bond acceptors (Lipinski definition) is 2. The Bertz CT molecular complexity index is 587. The SMILES string of the molecule is NNC(Cc1ccccc1Cl)Cc1ccc(Cl)cc1Cl. The molecule has 0 aliphatic heterocycles. The maximum Gasteiger partial charge on any atom is 0.0453 e. The third kappa shape index (κ3) is 4.11. The van der Waals surface area contributed by atoms with Gasteiger partial charge in [-0.25, -0.2) is 0 Å². The molecule has 0 spiro atoms. The molecule has 0 heterocycles. The normalized spacial score (nSPS) is 12.4. The van der Waals surface area contributed by atoms with E-state index in [1.54, 1.807) is 6.07 Å². The fraction of sp³-hybridized carbons (Fsp3) is 0.200. The molecule has 3 N–H and O–H groups in total. The minimum absolute atomic E-state index is 0.0496. The Kier molecular flexibility index (Phi) is 5.70. The number of hydrogen-bond donors (Lipinski definition) is 2. The molecular weight excluding hydrogens is 315 g/mol. The summed E-state index contributed by atoms with van der Waals surface area (Å²) in [6.45, 7) is 0. The minimum atomic E-state index is 0.0496. The van der Waals surface area contributed by atoms with E-state index in [9.17, 15) is 0 Å². The van der Waals surface area contributed by atoms with E-state index < -0.39 is 0 Å². The first kappa shape index (κ1) is 15.6. The summed E-state index contributed by atoms with van der Waals surface area (Å²) in [6, 6.07) is 13.3. The molecule has 0 fully saturated rings. The highest BCUT2D eigenvalue weighted by atomic mass is 35.5. The first-order valence-corrected chi connectivity index (χ1v) is 7.37. The summed E-state index contributed by atoms with van der Waals surface area (Å²) in [7, 11) is 0. The number of rotatable bonds is 5. The molecular formula is C15H15Cl3N2. The van der Waals surface area contributed by atoms with E-state index in [0.717, 1.165) is 22.6 Å². The van der Waals surface area contributed by atoms with Gasteiger partial charge in [0.1, 0.15) is 0 Å². The van der Waals surface area contributed by atoms with Crippen LogP contribution in [0.25, 0.3) is 0 Å². The van der Waals surface area contributed by atoms with Crippen molar-refractivity contribution in [2.75, 3.05) is 0 Å². The van der Waals surface area contributed by atoms with Gasteiger partial charge in [-0.2, -0.15) is 0 Å². The maximum atomic E-state index is 6.19. The molecule has 0 saturated heterocycles. The Morgan fingerprint density at radius 3 is 2.15 bits per heavy atom. The number of hydrazine groups is 1. The highest BCUT2D eigenvalue weighted by Crippen LogP contribution is 2.23. The number of nitrogens with one attached hydrogen (secondary N) is 1. The first-order chi connectivity index (χ1) is 9.60. The van der Waals surface area contributed by atoms with E-state index in [0.29, 0.717) is 16.5 Å². The second-order valence-electron chi connectivity index (χ2n) is 4.60. The third-order valence-electron chi connectivity index (χ3n) is 3.14. The molecule has 0 aromatic heterocycles. The van der Waals surface area contributed by atoms with Crippen molar-refractivity contribution in [2.24, 2.45) is 5.84 Å². The Morgan fingerprint density at radius 2 is 1.55 bits per heavy atom. The minimum Gasteiger partial charge on any atom is -0.271 e. The second kappa shape index (κ2) is 7.30. The summed E-state index contributed by atoms with van der Waals surface area (Å²) in [6.07, 6.45) is 1.44. The fourth-order valence-electron chi connectivity index (χ4n) is 2.07. The molecule has 0 aliphatic carbocycles. The van der Waals surface area contributed by atoms with Crippen LogP contribution in [0.15, 0.2) is 42.5 Å². The zero-order valence-electron chi connectivity index (χ0n) is 10.7. The smallest absolute Gasteiger partial charge is 0.0453 e. The van der Waals surface area contributed by atoms with E-state index in [4.69, 9.17) is 40.6 Å². The lowest BCUT2D eigenvalue weighted by molar-refractivity contribution is 0.522. The number of benzene rings is 2. The van der Waals surface area contributed by atoms with Gasteiger partial charge in [-0.1, -0.05) is 59.1 Å². The van der Waals surface area contributed by atoms with Gasteiger partial charge in [0, 0.05) is 21.1 Å². The Balaban J connectivity index is 2.11. The molecule has 0 radical (unpaired) electrons. The highest BCUT2D eigenvalue weighted by molar-refractivity contribution is 6.35. The predicted molar refractivity (Wildman–Crippen MR) is 86.4 cm³/mol. The van der Waals surface area contributed by atoms with Crippen molar-refractivity contribution >= 4 is 34.8 Å². The van der Waals surface area contributed by atoms with Crippen LogP contribution >= 0.6 is 34.8 Å². The molecule has 1 unspecified atom stereocenters. The molecule has 1 atom stereocenters. The van der Waals surface area contributed by atoms with Crippen molar-refractivity contribution < 1.29 is 0 Å². The van der Waals surface area contributed by atoms with E-state index >= 15 is 0 Å². The van der Waals surface area contributed by atoms with E-state index in [1.165, 1.54) is 0 Å². The number of nitrogens with two attached hydrogens (primary N) is 1. The molecule has 0 aliphatic rings. The maximum absolute atomic E-state index is 6.19. The summed E-state index contributed by atoms with van der Waals surface area (Å²) in [5.74, 6) is 5.64. The van der Waals surface area contributed by atoms with Crippen LogP contribution in [0.5, 0.6) is 0 Å². The Morgan fingerprint density at radius 1 is 0.900 bits per heavy atom. The molecule has 0 saturated carbocycles. The van der Waals surface area contributed by atoms with Crippen LogP contribution < -0.4 is 11.3 Å². The zero-order valence-corrected chi connectivity index (χ0v) is 13.0. The molecule has 0 bridgehead atoms. The summed E-state index contributed by atoms with van der Waals surface area (Å²) in [4.78, 5) is 0. The van der Waals surface area contributed by atoms with Crippen LogP contribution in [0.1, 0.15) is 11.1 Å². The van der Waals surface area contributed by atoms with Crippen LogP contribution in [0, 0.1) is 0 Å². The van der Waals surface area contributed by atoms with E-state index in [2.05, 4.69) is 5.43 Å². The highest BCUT2D eigenvalue weighted by Gasteiger charge is 2.13. The van der Waals surface area contributed by atoms with Crippen molar-refractivity contribution in [1.29, 1.82) is 0 Å². The monoisotopic (exact) mass is 328 g/mol. The largest absolute Gasteiger partial charge is 0.271 e. The van der Waals surface area contributed by atoms with E-state index in [1.807, 2.05) is 36.4 Å². The predicted octanol–water partition coefficient (Wildman–Crippen LogP) is 4.26. The summed E-state index contributed by atoms with van der Waals surface area (Å²) in [5, 5.41) is 2.02. The fourth-order valence-corrected chi connectivity index (χ4v) is 2.77. The molecule has 2 aromatic carbocycles. The Hall–Kier alpha value is -0.770. The summed E-state index contributed by atoms with van der Waals surface area (Å²) in [5.41, 5.74) is 4.88. The summed E-state index contributed by atoms with van der Waals surface area (Å²) >= 11 is 18.2. The van der Waals surface area contributed by atoms with Gasteiger partial charge >= 0.3 is 0 Å². The lowest BCUT2D eigenvalue weighted by Crippen LogP contribution is -2.38. The van der Waals surface area contributed by atoms with Gasteiger partial charge in [-0.05, 0) is 42.2 Å². The van der Waals surface area contributed by atoms with E-state index in [-0.39, 0.29) is 6.04 Å². The van der Waals surface area contributed by atoms with Gasteiger partial charge in [0.2, 0.25) is 0 Å². The van der Waals surface area contributed by atoms with Crippen molar-refractivity contribution in [2.45, 2.75) is 18.9 Å². The van der Waals surface area contributed by atoms with Crippen molar-refractivity contribution in [1.82, 2.24) is 5.43 Å². The van der Waals surface area contributed by atoms with Crippen LogP contribution in [-0.2, 0) is 12.8 Å². The average Bonchev–Trinajstić information content (AvgIpc) is 2.43. The molecule has 106 valence electrons. The van der Waals surface area contributed by atoms with Gasteiger partial charge in [0.05, 0.1) is 0 Å². The van der Waals surface area contributed by atoms with Gasteiger partial charge in [0.25, 0.3) is 0 Å². The average molecular weight is 330 g/mol. The molecule has 0 amide bonds. The van der Waals surface area contributed by atoms with Gasteiger partial charge < -0.3 is 0 Å². The van der Waals surface area contributed by atoms with Crippen molar-refractivity contribution in [3.8, 4) is 0 Å². The molecule has 2 rings (SSSR count). The van der Waals surface area contributed by atoms with Gasteiger partial charge in [-0.3, -0.25) is 11.3 Å². The molecule has 2 nitrogen and oxygen atoms in total. The van der Waals surface area contributed by atoms with Crippen LogP contribution in [0.4, 0.5) is 0 Å². The lowest BCUT2D eigenvalue weighted by Gasteiger charge is -2.17. The van der Waals surface area contributed by atoms with Crippen molar-refractivity contribution in [3.05, 3.63) is 68.7 Å². The standard InChI is InChI=1S/C15H15Cl3N2/c16-12-6-5-11(15(18)9-12)8-13(20-19)7-10-3-1-2-4-14(10)17/h1-6,9,13,20H,7-8,19H2. The lowest BCUT2D eigenvalue weighted by atomic mass is 9.99. The molecule has 5 heteroatoms. The van der Waals surface area contributed by atoms with Crippen LogP contribution in [0.2, 0.25) is 15.1 Å². The second-order valence-corrected chi connectivity index (χ2v) is 5.85.